The van der Waals surface area contributed by atoms with E-state index in [-0.39, 0.29) is 47.7 Å². The number of fused-ring (bicyclic) bond motifs is 4. The van der Waals surface area contributed by atoms with E-state index >= 15 is 0 Å². The van der Waals surface area contributed by atoms with Crippen molar-refractivity contribution in [3.8, 4) is 39.9 Å². The van der Waals surface area contributed by atoms with Crippen molar-refractivity contribution < 1.29 is 38.1 Å². The number of methoxy groups -OCH3 is 5. The molecule has 53 heavy (non-hydrogen) atoms. The van der Waals surface area contributed by atoms with E-state index in [0.29, 0.717) is 59.1 Å². The molecule has 0 radical (unpaired) electrons. The Balaban J connectivity index is 1.63. The fraction of sp³-hybridized carbons (Fsp3) is 0.450. The van der Waals surface area contributed by atoms with E-state index in [1.165, 1.54) is 20.1 Å². The smallest absolute Gasteiger partial charge is 0.246 e. The van der Waals surface area contributed by atoms with Crippen LogP contribution in [0.1, 0.15) is 61.9 Å². The number of nitrogens with one attached hydrogen (secondary N) is 3. The molecule has 0 unspecified atom stereocenters. The van der Waals surface area contributed by atoms with Crippen LogP contribution in [0.4, 0.5) is 5.69 Å². The number of hydrogen-bond donors (Lipinski definition) is 3. The van der Waals surface area contributed by atoms with Gasteiger partial charge in [-0.3, -0.25) is 19.2 Å². The van der Waals surface area contributed by atoms with Crippen molar-refractivity contribution in [1.82, 2.24) is 15.5 Å². The molecule has 0 fully saturated rings. The molecule has 3 amide bonds. The van der Waals surface area contributed by atoms with Gasteiger partial charge in [0.25, 0.3) is 0 Å². The van der Waals surface area contributed by atoms with Crippen molar-refractivity contribution in [3.63, 3.8) is 0 Å². The number of nitrogens with zero attached hydrogens (tertiary/aromatic N) is 1. The van der Waals surface area contributed by atoms with E-state index in [1.54, 1.807) is 46.5 Å². The monoisotopic (exact) mass is 730 g/mol. The third-order valence-corrected chi connectivity index (χ3v) is 10.4. The molecule has 284 valence electrons. The summed E-state index contributed by atoms with van der Waals surface area (Å²) in [5.41, 5.74) is 4.43. The molecule has 1 heterocycles. The Bertz CT molecular complexity index is 1950. The van der Waals surface area contributed by atoms with Crippen LogP contribution in [0.25, 0.3) is 11.1 Å². The summed E-state index contributed by atoms with van der Waals surface area (Å²) in [6.45, 7) is 5.51. The summed E-state index contributed by atoms with van der Waals surface area (Å²) in [5, 5.41) is 9.04. The first-order chi connectivity index (χ1) is 25.4. The number of benzene rings is 2. The number of ether oxygens (including phenoxy) is 5. The van der Waals surface area contributed by atoms with E-state index in [4.69, 9.17) is 23.7 Å². The Hall–Kier alpha value is -5.46. The fourth-order valence-electron chi connectivity index (χ4n) is 7.40. The van der Waals surface area contributed by atoms with E-state index in [1.807, 2.05) is 38.1 Å². The highest BCUT2D eigenvalue weighted by Crippen LogP contribution is 2.50. The topological polar surface area (TPSA) is 154 Å². The van der Waals surface area contributed by atoms with Crippen LogP contribution in [0.2, 0.25) is 0 Å². The molecule has 1 aliphatic heterocycles. The maximum atomic E-state index is 14.7. The van der Waals surface area contributed by atoms with E-state index in [0.717, 1.165) is 22.3 Å². The quantitative estimate of drug-likeness (QED) is 0.244. The molecule has 5 rings (SSSR count). The number of aryl methyl sites for hydroxylation is 1. The van der Waals surface area contributed by atoms with Crippen LogP contribution in [-0.2, 0) is 33.8 Å². The SMILES string of the molecule is CC[C@@H](C)[C@H](Nc1ccc2c(cc1=O)[C@@H](NC(C)=O)CCc1cc(OC)c(OC)c(OC)c1-2)C(=O)N1Cc2cc(OC)c(OC)cc2C[C@H]1C(=O)NC. The molecule has 3 N–H and O–H groups in total. The van der Waals surface area contributed by atoms with Gasteiger partial charge in [-0.25, -0.2) is 0 Å². The molecule has 0 bridgehead atoms. The second kappa shape index (κ2) is 16.5. The van der Waals surface area contributed by atoms with Gasteiger partial charge in [0.2, 0.25) is 28.9 Å². The number of carbonyl (C=O) groups is 3. The maximum absolute atomic E-state index is 14.7. The number of carbonyl (C=O) groups excluding carboxylic acids is 3. The van der Waals surface area contributed by atoms with Gasteiger partial charge in [0, 0.05) is 32.5 Å². The van der Waals surface area contributed by atoms with Gasteiger partial charge < -0.3 is 44.5 Å². The summed E-state index contributed by atoms with van der Waals surface area (Å²) in [6.07, 6.45) is 1.95. The number of rotatable bonds is 12. The van der Waals surface area contributed by atoms with Crippen LogP contribution >= 0.6 is 0 Å². The minimum absolute atomic E-state index is 0.155. The van der Waals surface area contributed by atoms with Gasteiger partial charge in [-0.05, 0) is 76.9 Å². The maximum Gasteiger partial charge on any atom is 0.246 e. The third kappa shape index (κ3) is 7.56. The largest absolute Gasteiger partial charge is 0.493 e. The number of amides is 3. The van der Waals surface area contributed by atoms with Crippen LogP contribution in [0.3, 0.4) is 0 Å². The Morgan fingerprint density at radius 1 is 0.868 bits per heavy atom. The van der Waals surface area contributed by atoms with Gasteiger partial charge in [-0.15, -0.1) is 0 Å². The second-order valence-electron chi connectivity index (χ2n) is 13.4. The van der Waals surface area contributed by atoms with Crippen LogP contribution in [0, 0.1) is 5.92 Å². The first kappa shape index (κ1) is 38.8. The number of hydrogen-bond acceptors (Lipinski definition) is 10. The number of anilines is 1. The molecular formula is C40H50N4O9. The Morgan fingerprint density at radius 2 is 1.51 bits per heavy atom. The molecule has 3 aromatic rings. The Labute approximate surface area is 310 Å². The summed E-state index contributed by atoms with van der Waals surface area (Å²) in [4.78, 5) is 56.2. The van der Waals surface area contributed by atoms with Crippen LogP contribution in [0.15, 0.2) is 41.2 Å². The van der Waals surface area contributed by atoms with Gasteiger partial charge in [0.05, 0.1) is 47.3 Å². The predicted octanol–water partition coefficient (Wildman–Crippen LogP) is 4.41. The van der Waals surface area contributed by atoms with Gasteiger partial charge in [-0.1, -0.05) is 26.3 Å². The summed E-state index contributed by atoms with van der Waals surface area (Å²) < 4.78 is 28.3. The van der Waals surface area contributed by atoms with E-state index in [9.17, 15) is 19.2 Å². The molecule has 1 aliphatic carbocycles. The normalized spacial score (nSPS) is 17.0. The van der Waals surface area contributed by atoms with Crippen molar-refractivity contribution in [2.75, 3.05) is 47.9 Å². The van der Waals surface area contributed by atoms with Gasteiger partial charge in [-0.2, -0.15) is 0 Å². The molecular weight excluding hydrogens is 680 g/mol. The molecule has 13 nitrogen and oxygen atoms in total. The predicted molar refractivity (Wildman–Crippen MR) is 201 cm³/mol. The minimum Gasteiger partial charge on any atom is -0.493 e. The zero-order valence-electron chi connectivity index (χ0n) is 31.9. The van der Waals surface area contributed by atoms with Gasteiger partial charge in [0.1, 0.15) is 12.1 Å². The molecule has 0 saturated heterocycles. The van der Waals surface area contributed by atoms with Crippen LogP contribution in [-0.4, -0.2) is 77.3 Å². The van der Waals surface area contributed by atoms with Crippen molar-refractivity contribution >= 4 is 23.4 Å². The highest BCUT2D eigenvalue weighted by Gasteiger charge is 2.39. The molecule has 2 aliphatic rings. The van der Waals surface area contributed by atoms with Crippen molar-refractivity contribution in [1.29, 1.82) is 0 Å². The molecule has 0 spiro atoms. The standard InChI is InChI=1S/C40H50N4O9/c1-10-21(2)36(40(48)44-20-25-18-33(50-6)32(49-5)17-24(25)15-30(44)39(47)41-4)43-29-14-12-26-27(19-31(29)46)28(42-22(3)45)13-11-23-16-34(51-7)37(52-8)38(53-9)35(23)26/h12,14,16-19,21,28,30,36H,10-11,13,15,20H2,1-9H3,(H,41,47)(H,42,45)(H,43,46)/t21-,28+,30+,36+/m1/s1. The zero-order valence-corrected chi connectivity index (χ0v) is 31.9. The van der Waals surface area contributed by atoms with Gasteiger partial charge in [0.15, 0.2) is 23.0 Å². The first-order valence-corrected chi connectivity index (χ1v) is 17.7. The summed E-state index contributed by atoms with van der Waals surface area (Å²) in [7, 11) is 9.27. The van der Waals surface area contributed by atoms with Crippen LogP contribution < -0.4 is 45.1 Å². The van der Waals surface area contributed by atoms with E-state index < -0.39 is 18.1 Å². The van der Waals surface area contributed by atoms with Crippen molar-refractivity contribution in [2.45, 2.75) is 71.1 Å². The molecule has 13 heteroatoms. The summed E-state index contributed by atoms with van der Waals surface area (Å²) >= 11 is 0. The Kier molecular flexibility index (Phi) is 12.0. The van der Waals surface area contributed by atoms with Crippen LogP contribution in [0.5, 0.6) is 28.7 Å². The second-order valence-corrected chi connectivity index (χ2v) is 13.4. The highest BCUT2D eigenvalue weighted by atomic mass is 16.5. The fourth-order valence-corrected chi connectivity index (χ4v) is 7.40. The highest BCUT2D eigenvalue weighted by molar-refractivity contribution is 5.92. The lowest BCUT2D eigenvalue weighted by molar-refractivity contribution is -0.143. The average molecular weight is 731 g/mol. The van der Waals surface area contributed by atoms with Crippen molar-refractivity contribution in [2.24, 2.45) is 5.92 Å². The zero-order chi connectivity index (χ0) is 38.6. The number of likely N-dealkylation sites (N-methyl/N-ethyl adjacent to an activating group) is 1. The summed E-state index contributed by atoms with van der Waals surface area (Å²) in [6, 6.07) is 8.43. The third-order valence-electron chi connectivity index (χ3n) is 10.4. The molecule has 0 saturated carbocycles. The minimum atomic E-state index is -0.860. The molecule has 3 aromatic carbocycles. The molecule has 0 aromatic heterocycles. The first-order valence-electron chi connectivity index (χ1n) is 17.7. The lowest BCUT2D eigenvalue weighted by Gasteiger charge is -2.39. The van der Waals surface area contributed by atoms with E-state index in [2.05, 4.69) is 16.0 Å². The summed E-state index contributed by atoms with van der Waals surface area (Å²) in [5.74, 6) is 1.31. The molecule has 4 atom stereocenters. The lowest BCUT2D eigenvalue weighted by Crippen LogP contribution is -2.56. The average Bonchev–Trinajstić information content (AvgIpc) is 3.41. The van der Waals surface area contributed by atoms with Gasteiger partial charge >= 0.3 is 0 Å². The Morgan fingerprint density at radius 3 is 2.09 bits per heavy atom. The van der Waals surface area contributed by atoms with Crippen molar-refractivity contribution in [3.05, 3.63) is 68.9 Å². The lowest BCUT2D eigenvalue weighted by atomic mass is 9.90.